The van der Waals surface area contributed by atoms with Crippen molar-refractivity contribution < 1.29 is 24.1 Å². The molecule has 1 N–H and O–H groups in total. The first-order chi connectivity index (χ1) is 8.15. The molecular formula is C12H20O5. The molecule has 1 heterocycles. The van der Waals surface area contributed by atoms with Crippen LogP contribution in [0.4, 0.5) is 0 Å². The summed E-state index contributed by atoms with van der Waals surface area (Å²) < 4.78 is 16.6. The lowest BCUT2D eigenvalue weighted by Crippen LogP contribution is -2.34. The molecule has 2 aliphatic rings. The Bertz CT molecular complexity index is 272. The molecule has 5 nitrogen and oxygen atoms in total. The average Bonchev–Trinajstić information content (AvgIpc) is 2.65. The molecule has 2 rings (SSSR count). The van der Waals surface area contributed by atoms with E-state index in [1.807, 2.05) is 0 Å². The summed E-state index contributed by atoms with van der Waals surface area (Å²) in [7, 11) is 0. The van der Waals surface area contributed by atoms with E-state index in [4.69, 9.17) is 14.2 Å². The summed E-state index contributed by atoms with van der Waals surface area (Å²) in [5.41, 5.74) is 0. The zero-order valence-electron chi connectivity index (χ0n) is 10.2. The van der Waals surface area contributed by atoms with E-state index in [0.717, 1.165) is 25.7 Å². The van der Waals surface area contributed by atoms with Gasteiger partial charge in [0, 0.05) is 19.8 Å². The largest absolute Gasteiger partial charge is 0.463 e. The van der Waals surface area contributed by atoms with Crippen molar-refractivity contribution in [2.24, 2.45) is 0 Å². The zero-order valence-corrected chi connectivity index (χ0v) is 10.2. The van der Waals surface area contributed by atoms with Gasteiger partial charge in [-0.1, -0.05) is 6.42 Å². The highest BCUT2D eigenvalue weighted by Gasteiger charge is 2.47. The topological polar surface area (TPSA) is 65.0 Å². The normalized spacial score (nSPS) is 31.6. The number of ether oxygens (including phenoxy) is 3. The van der Waals surface area contributed by atoms with E-state index in [2.05, 4.69) is 0 Å². The molecule has 2 atom stereocenters. The fraction of sp³-hybridized carbons (Fsp3) is 0.917. The Balaban J connectivity index is 1.94. The Morgan fingerprint density at radius 2 is 1.94 bits per heavy atom. The van der Waals surface area contributed by atoms with Gasteiger partial charge in [-0.3, -0.25) is 4.79 Å². The van der Waals surface area contributed by atoms with Gasteiger partial charge in [0.15, 0.2) is 5.79 Å². The van der Waals surface area contributed by atoms with E-state index in [1.54, 1.807) is 0 Å². The van der Waals surface area contributed by atoms with Crippen LogP contribution in [0.2, 0.25) is 0 Å². The van der Waals surface area contributed by atoms with Crippen LogP contribution < -0.4 is 0 Å². The molecular weight excluding hydrogens is 224 g/mol. The standard InChI is InChI=1S/C12H20O5/c1-9(14)15-8-11-10(7-13)16-12(17-11)5-3-2-4-6-12/h10-11,13H,2-8H2,1H3/t10-,11+/m0/s1. The highest BCUT2D eigenvalue weighted by Crippen LogP contribution is 2.40. The fourth-order valence-electron chi connectivity index (χ4n) is 2.55. The van der Waals surface area contributed by atoms with E-state index < -0.39 is 5.79 Å². The molecule has 5 heteroatoms. The first-order valence-electron chi connectivity index (χ1n) is 6.25. The number of carbonyl (C=O) groups is 1. The van der Waals surface area contributed by atoms with E-state index in [-0.39, 0.29) is 31.4 Å². The lowest BCUT2D eigenvalue weighted by molar-refractivity contribution is -0.199. The van der Waals surface area contributed by atoms with E-state index in [0.29, 0.717) is 0 Å². The summed E-state index contributed by atoms with van der Waals surface area (Å²) in [5, 5.41) is 9.27. The molecule has 1 aliphatic carbocycles. The van der Waals surface area contributed by atoms with Crippen LogP contribution in [-0.2, 0) is 19.0 Å². The van der Waals surface area contributed by atoms with Crippen LogP contribution in [0, 0.1) is 0 Å². The van der Waals surface area contributed by atoms with Crippen LogP contribution in [0.1, 0.15) is 39.0 Å². The molecule has 98 valence electrons. The predicted octanol–water partition coefficient (Wildman–Crippen LogP) is 0.986. The average molecular weight is 244 g/mol. The first kappa shape index (κ1) is 12.8. The van der Waals surface area contributed by atoms with Crippen LogP contribution in [0.15, 0.2) is 0 Å². The Labute approximate surface area is 101 Å². The maximum absolute atomic E-state index is 10.8. The maximum Gasteiger partial charge on any atom is 0.302 e. The molecule has 0 aromatic carbocycles. The second kappa shape index (κ2) is 5.33. The van der Waals surface area contributed by atoms with Crippen LogP contribution in [0.3, 0.4) is 0 Å². The Morgan fingerprint density at radius 3 is 2.53 bits per heavy atom. The van der Waals surface area contributed by atoms with Crippen molar-refractivity contribution in [3.63, 3.8) is 0 Å². The van der Waals surface area contributed by atoms with Gasteiger partial charge in [0.1, 0.15) is 18.8 Å². The second-order valence-corrected chi connectivity index (χ2v) is 4.77. The zero-order chi connectivity index (χ0) is 12.3. The third-order valence-corrected chi connectivity index (χ3v) is 3.39. The van der Waals surface area contributed by atoms with Crippen molar-refractivity contribution in [2.75, 3.05) is 13.2 Å². The smallest absolute Gasteiger partial charge is 0.302 e. The van der Waals surface area contributed by atoms with Crippen LogP contribution in [0.5, 0.6) is 0 Å². The summed E-state index contributed by atoms with van der Waals surface area (Å²) in [4.78, 5) is 10.8. The quantitative estimate of drug-likeness (QED) is 0.750. The Morgan fingerprint density at radius 1 is 1.29 bits per heavy atom. The van der Waals surface area contributed by atoms with Gasteiger partial charge in [-0.05, 0) is 12.8 Å². The minimum absolute atomic E-state index is 0.103. The van der Waals surface area contributed by atoms with E-state index in [9.17, 15) is 9.90 Å². The van der Waals surface area contributed by atoms with Crippen molar-refractivity contribution >= 4 is 5.97 Å². The molecule has 1 spiro atoms. The van der Waals surface area contributed by atoms with Crippen molar-refractivity contribution in [2.45, 2.75) is 57.0 Å². The summed E-state index contributed by atoms with van der Waals surface area (Å²) >= 11 is 0. The van der Waals surface area contributed by atoms with Gasteiger partial charge >= 0.3 is 5.97 Å². The van der Waals surface area contributed by atoms with Crippen LogP contribution >= 0.6 is 0 Å². The number of hydrogen-bond donors (Lipinski definition) is 1. The highest BCUT2D eigenvalue weighted by atomic mass is 16.8. The molecule has 0 aromatic heterocycles. The number of rotatable bonds is 3. The SMILES string of the molecule is CC(=O)OC[C@H]1OC2(CCCCC2)O[C@H]1CO. The highest BCUT2D eigenvalue weighted by molar-refractivity contribution is 5.65. The Kier molecular flexibility index (Phi) is 4.01. The number of aliphatic hydroxyl groups is 1. The van der Waals surface area contributed by atoms with Gasteiger partial charge in [-0.2, -0.15) is 0 Å². The summed E-state index contributed by atoms with van der Waals surface area (Å²) in [6, 6.07) is 0. The van der Waals surface area contributed by atoms with Gasteiger partial charge < -0.3 is 19.3 Å². The molecule has 0 amide bonds. The molecule has 1 saturated carbocycles. The van der Waals surface area contributed by atoms with Gasteiger partial charge in [-0.25, -0.2) is 0 Å². The molecule has 1 saturated heterocycles. The third-order valence-electron chi connectivity index (χ3n) is 3.39. The summed E-state index contributed by atoms with van der Waals surface area (Å²) in [5.74, 6) is -0.883. The number of esters is 1. The predicted molar refractivity (Wildman–Crippen MR) is 59.3 cm³/mol. The molecule has 2 fully saturated rings. The number of aliphatic hydroxyl groups excluding tert-OH is 1. The van der Waals surface area contributed by atoms with Crippen molar-refractivity contribution in [3.8, 4) is 0 Å². The van der Waals surface area contributed by atoms with Gasteiger partial charge in [0.25, 0.3) is 0 Å². The molecule has 17 heavy (non-hydrogen) atoms. The van der Waals surface area contributed by atoms with Crippen molar-refractivity contribution in [1.29, 1.82) is 0 Å². The fourth-order valence-corrected chi connectivity index (χ4v) is 2.55. The molecule has 1 aliphatic heterocycles. The van der Waals surface area contributed by atoms with Crippen molar-refractivity contribution in [3.05, 3.63) is 0 Å². The first-order valence-corrected chi connectivity index (χ1v) is 6.25. The van der Waals surface area contributed by atoms with E-state index in [1.165, 1.54) is 13.3 Å². The second-order valence-electron chi connectivity index (χ2n) is 4.77. The minimum atomic E-state index is -0.545. The Hall–Kier alpha value is -0.650. The molecule has 0 bridgehead atoms. The van der Waals surface area contributed by atoms with Crippen molar-refractivity contribution in [1.82, 2.24) is 0 Å². The number of carbonyl (C=O) groups excluding carboxylic acids is 1. The maximum atomic E-state index is 10.8. The van der Waals surface area contributed by atoms with Crippen LogP contribution in [-0.4, -0.2) is 42.3 Å². The summed E-state index contributed by atoms with van der Waals surface area (Å²) in [6.45, 7) is 1.41. The lowest BCUT2D eigenvalue weighted by atomic mass is 9.94. The van der Waals surface area contributed by atoms with Gasteiger partial charge in [0.05, 0.1) is 6.61 Å². The molecule has 0 aromatic rings. The lowest BCUT2D eigenvalue weighted by Gasteiger charge is -2.31. The van der Waals surface area contributed by atoms with Gasteiger partial charge in [0.2, 0.25) is 0 Å². The monoisotopic (exact) mass is 244 g/mol. The van der Waals surface area contributed by atoms with Crippen LogP contribution in [0.25, 0.3) is 0 Å². The third kappa shape index (κ3) is 2.97. The summed E-state index contributed by atoms with van der Waals surface area (Å²) in [6.07, 6.45) is 4.36. The van der Waals surface area contributed by atoms with E-state index >= 15 is 0 Å². The molecule has 0 unspecified atom stereocenters. The minimum Gasteiger partial charge on any atom is -0.463 e. The number of hydrogen-bond acceptors (Lipinski definition) is 5. The molecule has 0 radical (unpaired) electrons. The van der Waals surface area contributed by atoms with Gasteiger partial charge in [-0.15, -0.1) is 0 Å².